The van der Waals surface area contributed by atoms with E-state index in [2.05, 4.69) is 5.10 Å². The van der Waals surface area contributed by atoms with Crippen molar-refractivity contribution < 1.29 is 14.4 Å². The molecule has 7 heteroatoms. The van der Waals surface area contributed by atoms with Gasteiger partial charge in [0.15, 0.2) is 0 Å². The molecule has 24 heavy (non-hydrogen) atoms. The summed E-state index contributed by atoms with van der Waals surface area (Å²) in [5, 5.41) is 5.85. The van der Waals surface area contributed by atoms with Gasteiger partial charge in [0.1, 0.15) is 0 Å². The maximum Gasteiger partial charge on any atom is 0.248 e. The van der Waals surface area contributed by atoms with Crippen LogP contribution in [0.25, 0.3) is 0 Å². The fourth-order valence-electron chi connectivity index (χ4n) is 3.52. The number of amides is 2. The lowest BCUT2D eigenvalue weighted by Gasteiger charge is -2.35. The Morgan fingerprint density at radius 1 is 1.21 bits per heavy atom. The third-order valence-corrected chi connectivity index (χ3v) is 5.09. The van der Waals surface area contributed by atoms with E-state index in [1.165, 1.54) is 17.9 Å². The monoisotopic (exact) mass is 332 g/mol. The van der Waals surface area contributed by atoms with Crippen LogP contribution in [0.4, 0.5) is 0 Å². The lowest BCUT2D eigenvalue weighted by atomic mass is 10.1. The summed E-state index contributed by atoms with van der Waals surface area (Å²) < 4.78 is 1.91. The molecule has 4 rings (SSSR count). The van der Waals surface area contributed by atoms with E-state index in [0.717, 1.165) is 18.5 Å². The van der Waals surface area contributed by atoms with Crippen molar-refractivity contribution in [3.8, 4) is 0 Å². The topological polar surface area (TPSA) is 67.7 Å². The molecule has 2 fully saturated rings. The lowest BCUT2D eigenvalue weighted by Crippen LogP contribution is -2.44. The number of hydrogen-bond acceptors (Lipinski definition) is 4. The summed E-state index contributed by atoms with van der Waals surface area (Å²) in [5.41, 5.74) is 1.00. The molecule has 3 heterocycles. The molecule has 0 radical (unpaired) electrons. The largest absolute Gasteiger partial charge is 0.335 e. The minimum atomic E-state index is -0.107. The Balaban J connectivity index is 1.44. The van der Waals surface area contributed by atoms with Crippen molar-refractivity contribution in [3.05, 3.63) is 18.0 Å². The lowest BCUT2D eigenvalue weighted by molar-refractivity contribution is -0.198. The number of hydrogen-bond donors (Lipinski definition) is 0. The van der Waals surface area contributed by atoms with Crippen molar-refractivity contribution >= 4 is 11.8 Å². The molecule has 0 aromatic carbocycles. The van der Waals surface area contributed by atoms with Gasteiger partial charge < -0.3 is 4.90 Å². The van der Waals surface area contributed by atoms with E-state index in [1.807, 2.05) is 15.6 Å². The van der Waals surface area contributed by atoms with Gasteiger partial charge in [0.2, 0.25) is 11.8 Å². The highest BCUT2D eigenvalue weighted by molar-refractivity contribution is 5.78. The maximum atomic E-state index is 12.5. The van der Waals surface area contributed by atoms with E-state index in [1.54, 1.807) is 6.20 Å². The van der Waals surface area contributed by atoms with Crippen molar-refractivity contribution in [2.45, 2.75) is 51.1 Å². The first-order valence-electron chi connectivity index (χ1n) is 8.94. The maximum absolute atomic E-state index is 12.5. The average Bonchev–Trinajstić information content (AvgIpc) is 3.28. The first-order chi connectivity index (χ1) is 11.7. The van der Waals surface area contributed by atoms with E-state index < -0.39 is 0 Å². The molecule has 7 nitrogen and oxygen atoms in total. The third kappa shape index (κ3) is 3.31. The molecule has 1 aromatic heterocycles. The second-order valence-corrected chi connectivity index (χ2v) is 7.08. The zero-order valence-corrected chi connectivity index (χ0v) is 13.9. The third-order valence-electron chi connectivity index (χ3n) is 5.09. The Hall–Kier alpha value is -1.89. The standard InChI is InChI=1S/C17H24N4O3/c22-16(9-13-3-4-13)19-11-14-5-6-18-21(14)15(12-19)10-17(23)20-7-1-2-8-24-20/h5-6,13,15H,1-4,7-12H2/t15-/m1/s1. The van der Waals surface area contributed by atoms with Crippen LogP contribution in [0.3, 0.4) is 0 Å². The number of hydroxylamine groups is 2. The van der Waals surface area contributed by atoms with E-state index in [4.69, 9.17) is 4.84 Å². The van der Waals surface area contributed by atoms with Crippen LogP contribution in [0.1, 0.15) is 50.3 Å². The molecule has 0 unspecified atom stereocenters. The van der Waals surface area contributed by atoms with Crippen LogP contribution in [0.5, 0.6) is 0 Å². The van der Waals surface area contributed by atoms with Crippen molar-refractivity contribution in [3.63, 3.8) is 0 Å². The quantitative estimate of drug-likeness (QED) is 0.838. The molecular weight excluding hydrogens is 308 g/mol. The van der Waals surface area contributed by atoms with Crippen LogP contribution >= 0.6 is 0 Å². The number of nitrogens with zero attached hydrogens (tertiary/aromatic N) is 4. The van der Waals surface area contributed by atoms with Crippen molar-refractivity contribution in [2.24, 2.45) is 5.92 Å². The smallest absolute Gasteiger partial charge is 0.248 e. The number of aromatic nitrogens is 2. The minimum absolute atomic E-state index is 0.0161. The average molecular weight is 332 g/mol. The highest BCUT2D eigenvalue weighted by Gasteiger charge is 2.34. The molecule has 1 atom stereocenters. The molecule has 2 amide bonds. The zero-order chi connectivity index (χ0) is 16.5. The summed E-state index contributed by atoms with van der Waals surface area (Å²) >= 11 is 0. The van der Waals surface area contributed by atoms with E-state index in [0.29, 0.717) is 45.0 Å². The molecule has 2 aliphatic heterocycles. The van der Waals surface area contributed by atoms with E-state index >= 15 is 0 Å². The van der Waals surface area contributed by atoms with Gasteiger partial charge in [-0.05, 0) is 37.7 Å². The van der Waals surface area contributed by atoms with Gasteiger partial charge in [-0.3, -0.25) is 19.1 Å². The van der Waals surface area contributed by atoms with Gasteiger partial charge >= 0.3 is 0 Å². The van der Waals surface area contributed by atoms with Gasteiger partial charge in [0, 0.05) is 25.7 Å². The Morgan fingerprint density at radius 2 is 2.08 bits per heavy atom. The number of carbonyl (C=O) groups excluding carboxylic acids is 2. The summed E-state index contributed by atoms with van der Waals surface area (Å²) in [6.45, 7) is 2.41. The zero-order valence-electron chi connectivity index (χ0n) is 13.9. The van der Waals surface area contributed by atoms with Gasteiger partial charge in [0.25, 0.3) is 0 Å². The Morgan fingerprint density at radius 3 is 2.83 bits per heavy atom. The Kier molecular flexibility index (Phi) is 4.26. The Bertz CT molecular complexity index is 619. The molecule has 130 valence electrons. The summed E-state index contributed by atoms with van der Waals surface area (Å²) in [7, 11) is 0. The SMILES string of the molecule is O=C(CC1CC1)N1Cc2ccnn2[C@H](CC(=O)N2CCCCO2)C1. The van der Waals surface area contributed by atoms with Crippen molar-refractivity contribution in [2.75, 3.05) is 19.7 Å². The molecule has 1 saturated carbocycles. The number of carbonyl (C=O) groups is 2. The van der Waals surface area contributed by atoms with Crippen LogP contribution in [-0.2, 0) is 21.0 Å². The predicted molar refractivity (Wildman–Crippen MR) is 85.5 cm³/mol. The van der Waals surface area contributed by atoms with Crippen molar-refractivity contribution in [1.82, 2.24) is 19.7 Å². The van der Waals surface area contributed by atoms with Crippen LogP contribution < -0.4 is 0 Å². The van der Waals surface area contributed by atoms with E-state index in [9.17, 15) is 9.59 Å². The van der Waals surface area contributed by atoms with Crippen molar-refractivity contribution in [1.29, 1.82) is 0 Å². The van der Waals surface area contributed by atoms with Crippen LogP contribution in [0, 0.1) is 5.92 Å². The summed E-state index contributed by atoms with van der Waals surface area (Å²) in [6.07, 6.45) is 7.04. The molecule has 0 bridgehead atoms. The van der Waals surface area contributed by atoms with Gasteiger partial charge in [0.05, 0.1) is 31.3 Å². The minimum Gasteiger partial charge on any atom is -0.335 e. The summed E-state index contributed by atoms with van der Waals surface area (Å²) in [4.78, 5) is 32.4. The molecule has 0 spiro atoms. The normalized spacial score (nSPS) is 23.9. The van der Waals surface area contributed by atoms with Crippen LogP contribution in [-0.4, -0.2) is 51.3 Å². The summed E-state index contributed by atoms with van der Waals surface area (Å²) in [5.74, 6) is 0.764. The Labute approximate surface area is 141 Å². The van der Waals surface area contributed by atoms with Gasteiger partial charge in [-0.2, -0.15) is 5.10 Å². The van der Waals surface area contributed by atoms with E-state index in [-0.39, 0.29) is 17.9 Å². The van der Waals surface area contributed by atoms with Gasteiger partial charge in [-0.15, -0.1) is 0 Å². The van der Waals surface area contributed by atoms with Crippen LogP contribution in [0.15, 0.2) is 12.3 Å². The second kappa shape index (κ2) is 6.55. The van der Waals surface area contributed by atoms with Crippen LogP contribution in [0.2, 0.25) is 0 Å². The molecule has 3 aliphatic rings. The molecule has 0 N–H and O–H groups in total. The number of rotatable bonds is 4. The first kappa shape index (κ1) is 15.6. The highest BCUT2D eigenvalue weighted by atomic mass is 16.7. The summed E-state index contributed by atoms with van der Waals surface area (Å²) in [6, 6.07) is 1.83. The molecular formula is C17H24N4O3. The van der Waals surface area contributed by atoms with Gasteiger partial charge in [-0.25, -0.2) is 5.06 Å². The molecule has 1 saturated heterocycles. The molecule has 1 aromatic rings. The van der Waals surface area contributed by atoms with Gasteiger partial charge in [-0.1, -0.05) is 0 Å². The highest BCUT2D eigenvalue weighted by Crippen LogP contribution is 2.34. The fraction of sp³-hybridized carbons (Fsp3) is 0.706. The fourth-order valence-corrected chi connectivity index (χ4v) is 3.52. The molecule has 1 aliphatic carbocycles. The number of fused-ring (bicyclic) bond motifs is 1. The second-order valence-electron chi connectivity index (χ2n) is 7.08. The predicted octanol–water partition coefficient (Wildman–Crippen LogP) is 1.51. The first-order valence-corrected chi connectivity index (χ1v) is 8.94.